The zero-order valence-electron chi connectivity index (χ0n) is 29.6. The number of hydrogen-bond acceptors (Lipinski definition) is 3. The van der Waals surface area contributed by atoms with E-state index < -0.39 is 0 Å². The van der Waals surface area contributed by atoms with Crippen LogP contribution in [0.2, 0.25) is 0 Å². The van der Waals surface area contributed by atoms with Gasteiger partial charge in [-0.15, -0.1) is 0 Å². The SMILES string of the molecule is CC1(C)c2cccc(-c3ccc(-c4nc(-c5ccccc5)cc(-c5ccc(-c6cccnc6)cc5)n4)c4ccccc34)c2-c2c1ccc1ccccc21. The largest absolute Gasteiger partial charge is 0.264 e. The molecule has 0 aliphatic heterocycles. The van der Waals surface area contributed by atoms with Crippen molar-refractivity contribution in [3.63, 3.8) is 0 Å². The van der Waals surface area contributed by atoms with Gasteiger partial charge >= 0.3 is 0 Å². The number of pyridine rings is 1. The van der Waals surface area contributed by atoms with Crippen LogP contribution < -0.4 is 0 Å². The predicted molar refractivity (Wildman–Crippen MR) is 220 cm³/mol. The average molecular weight is 678 g/mol. The molecule has 0 spiro atoms. The highest BCUT2D eigenvalue weighted by Gasteiger charge is 2.38. The first kappa shape index (κ1) is 31.1. The minimum atomic E-state index is -0.112. The van der Waals surface area contributed by atoms with Gasteiger partial charge in [0.15, 0.2) is 5.82 Å². The number of fused-ring (bicyclic) bond motifs is 6. The molecule has 2 heterocycles. The molecule has 0 saturated heterocycles. The summed E-state index contributed by atoms with van der Waals surface area (Å²) in [5, 5.41) is 4.88. The lowest BCUT2D eigenvalue weighted by Gasteiger charge is -2.22. The Hall–Kier alpha value is -6.71. The molecule has 0 N–H and O–H groups in total. The fourth-order valence-corrected chi connectivity index (χ4v) is 8.34. The van der Waals surface area contributed by atoms with E-state index in [9.17, 15) is 0 Å². The topological polar surface area (TPSA) is 38.7 Å². The van der Waals surface area contributed by atoms with Crippen LogP contribution in [0.3, 0.4) is 0 Å². The Labute approximate surface area is 309 Å². The highest BCUT2D eigenvalue weighted by Crippen LogP contribution is 2.55. The van der Waals surface area contributed by atoms with E-state index >= 15 is 0 Å². The van der Waals surface area contributed by atoms with Gasteiger partial charge in [-0.1, -0.05) is 159 Å². The molecule has 0 bridgehead atoms. The molecule has 7 aromatic carbocycles. The van der Waals surface area contributed by atoms with Crippen LogP contribution in [0.15, 0.2) is 176 Å². The average Bonchev–Trinajstić information content (AvgIpc) is 3.47. The summed E-state index contributed by atoms with van der Waals surface area (Å²) in [5.74, 6) is 0.705. The van der Waals surface area contributed by atoms with Crippen molar-refractivity contribution in [3.8, 4) is 67.3 Å². The Morgan fingerprint density at radius 2 is 1.04 bits per heavy atom. The van der Waals surface area contributed by atoms with Crippen molar-refractivity contribution in [2.45, 2.75) is 19.3 Å². The smallest absolute Gasteiger partial charge is 0.161 e. The van der Waals surface area contributed by atoms with Gasteiger partial charge in [-0.2, -0.15) is 0 Å². The summed E-state index contributed by atoms with van der Waals surface area (Å²) < 4.78 is 0. The summed E-state index contributed by atoms with van der Waals surface area (Å²) in [5.41, 5.74) is 14.9. The Bertz CT molecular complexity index is 2840. The van der Waals surface area contributed by atoms with E-state index in [0.29, 0.717) is 5.82 Å². The van der Waals surface area contributed by atoms with E-state index in [0.717, 1.165) is 44.6 Å². The molecule has 0 amide bonds. The van der Waals surface area contributed by atoms with Gasteiger partial charge in [0.2, 0.25) is 0 Å². The van der Waals surface area contributed by atoms with Crippen LogP contribution in [-0.4, -0.2) is 15.0 Å². The third kappa shape index (κ3) is 5.08. The molecule has 250 valence electrons. The molecule has 3 nitrogen and oxygen atoms in total. The molecule has 1 aliphatic rings. The van der Waals surface area contributed by atoms with Gasteiger partial charge in [0.1, 0.15) is 0 Å². The minimum absolute atomic E-state index is 0.112. The molecule has 0 atom stereocenters. The van der Waals surface area contributed by atoms with Crippen LogP contribution in [0.5, 0.6) is 0 Å². The molecule has 0 saturated carbocycles. The van der Waals surface area contributed by atoms with Crippen LogP contribution in [0.4, 0.5) is 0 Å². The van der Waals surface area contributed by atoms with Gasteiger partial charge in [-0.05, 0) is 84.3 Å². The van der Waals surface area contributed by atoms with Crippen LogP contribution in [0, 0.1) is 0 Å². The molecule has 9 aromatic rings. The lowest BCUT2D eigenvalue weighted by molar-refractivity contribution is 0.661. The first-order valence-electron chi connectivity index (χ1n) is 18.2. The number of benzene rings is 7. The second kappa shape index (κ2) is 12.2. The molecular formula is C50H35N3. The van der Waals surface area contributed by atoms with Gasteiger partial charge in [0.25, 0.3) is 0 Å². The Morgan fingerprint density at radius 1 is 0.415 bits per heavy atom. The summed E-state index contributed by atoms with van der Waals surface area (Å²) in [6.07, 6.45) is 3.70. The van der Waals surface area contributed by atoms with E-state index in [-0.39, 0.29) is 5.41 Å². The quantitative estimate of drug-likeness (QED) is 0.182. The van der Waals surface area contributed by atoms with Gasteiger partial charge < -0.3 is 0 Å². The Balaban J connectivity index is 1.16. The van der Waals surface area contributed by atoms with Gasteiger partial charge in [0.05, 0.1) is 11.4 Å². The Kier molecular flexibility index (Phi) is 7.16. The molecule has 0 unspecified atom stereocenters. The maximum atomic E-state index is 5.27. The second-order valence-corrected chi connectivity index (χ2v) is 14.4. The maximum absolute atomic E-state index is 5.27. The van der Waals surface area contributed by atoms with Gasteiger partial charge in [-0.25, -0.2) is 9.97 Å². The highest BCUT2D eigenvalue weighted by atomic mass is 14.9. The number of aromatic nitrogens is 3. The van der Waals surface area contributed by atoms with Crippen LogP contribution >= 0.6 is 0 Å². The summed E-state index contributed by atoms with van der Waals surface area (Å²) in [6, 6.07) is 58.6. The van der Waals surface area contributed by atoms with Gasteiger partial charge in [0, 0.05) is 34.5 Å². The first-order valence-corrected chi connectivity index (χ1v) is 18.2. The standard InChI is InChI=1S/C50H35N3/c1-50(2)43-20-10-19-41(48(43)47-37-16-7-6-12-33(37)25-28-44(47)50)40-26-27-42(39-18-9-8-17-38(39)40)49-52-45(34-13-4-3-5-14-34)30-46(53-49)35-23-21-32(22-24-35)36-15-11-29-51-31-36/h3-31H,1-2H3. The van der Waals surface area contributed by atoms with E-state index in [1.54, 1.807) is 6.20 Å². The highest BCUT2D eigenvalue weighted by molar-refractivity contribution is 6.11. The predicted octanol–water partition coefficient (Wildman–Crippen LogP) is 12.8. The molecule has 1 aliphatic carbocycles. The first-order chi connectivity index (χ1) is 26.0. The molecule has 0 fully saturated rings. The lowest BCUT2D eigenvalue weighted by Crippen LogP contribution is -2.14. The summed E-state index contributed by atoms with van der Waals surface area (Å²) in [6.45, 7) is 4.72. The van der Waals surface area contributed by atoms with E-state index in [1.807, 2.05) is 18.3 Å². The second-order valence-electron chi connectivity index (χ2n) is 14.4. The molecule has 3 heteroatoms. The summed E-state index contributed by atoms with van der Waals surface area (Å²) in [4.78, 5) is 14.8. The van der Waals surface area contributed by atoms with E-state index in [4.69, 9.17) is 9.97 Å². The van der Waals surface area contributed by atoms with Crippen molar-refractivity contribution in [1.29, 1.82) is 0 Å². The number of nitrogens with zero attached hydrogens (tertiary/aromatic N) is 3. The van der Waals surface area contributed by atoms with Crippen molar-refractivity contribution in [2.24, 2.45) is 0 Å². The third-order valence-corrected chi connectivity index (χ3v) is 11.0. The van der Waals surface area contributed by atoms with Crippen molar-refractivity contribution in [2.75, 3.05) is 0 Å². The fraction of sp³-hybridized carbons (Fsp3) is 0.0600. The molecule has 0 radical (unpaired) electrons. The van der Waals surface area contributed by atoms with Crippen molar-refractivity contribution < 1.29 is 0 Å². The number of rotatable bonds is 5. The zero-order valence-corrected chi connectivity index (χ0v) is 29.6. The van der Waals surface area contributed by atoms with Crippen LogP contribution in [-0.2, 0) is 5.41 Å². The van der Waals surface area contributed by atoms with Gasteiger partial charge in [-0.3, -0.25) is 4.98 Å². The monoisotopic (exact) mass is 677 g/mol. The maximum Gasteiger partial charge on any atom is 0.161 e. The van der Waals surface area contributed by atoms with Crippen LogP contribution in [0.25, 0.3) is 88.8 Å². The number of hydrogen-bond donors (Lipinski definition) is 0. The van der Waals surface area contributed by atoms with Crippen molar-refractivity contribution in [3.05, 3.63) is 187 Å². The lowest BCUT2D eigenvalue weighted by atomic mass is 9.81. The molecular weight excluding hydrogens is 643 g/mol. The molecule has 2 aromatic heterocycles. The third-order valence-electron chi connectivity index (χ3n) is 11.0. The minimum Gasteiger partial charge on any atom is -0.264 e. The van der Waals surface area contributed by atoms with E-state index in [1.165, 1.54) is 49.5 Å². The van der Waals surface area contributed by atoms with Crippen LogP contribution in [0.1, 0.15) is 25.0 Å². The Morgan fingerprint density at radius 3 is 1.79 bits per heavy atom. The fourth-order valence-electron chi connectivity index (χ4n) is 8.34. The zero-order chi connectivity index (χ0) is 35.5. The van der Waals surface area contributed by atoms with Crippen molar-refractivity contribution >= 4 is 21.5 Å². The normalized spacial score (nSPS) is 12.9. The summed E-state index contributed by atoms with van der Waals surface area (Å²) >= 11 is 0. The molecule has 10 rings (SSSR count). The van der Waals surface area contributed by atoms with Crippen molar-refractivity contribution in [1.82, 2.24) is 15.0 Å². The molecule has 53 heavy (non-hydrogen) atoms. The summed E-state index contributed by atoms with van der Waals surface area (Å²) in [7, 11) is 0. The van der Waals surface area contributed by atoms with E-state index in [2.05, 4.69) is 170 Å².